The molecule has 20 heavy (non-hydrogen) atoms. The molecule has 0 unspecified atom stereocenters. The van der Waals surface area contributed by atoms with Gasteiger partial charge in [0.1, 0.15) is 0 Å². The van der Waals surface area contributed by atoms with E-state index in [0.717, 1.165) is 5.56 Å². The normalized spacial score (nSPS) is 22.6. The Morgan fingerprint density at radius 1 is 1.00 bits per heavy atom. The number of sulfonamides is 1. The second-order valence-electron chi connectivity index (χ2n) is 6.81. The Bertz CT molecular complexity index is 573. The molecule has 1 fully saturated rings. The molecule has 1 aromatic rings. The van der Waals surface area contributed by atoms with E-state index in [1.807, 2.05) is 46.8 Å². The van der Waals surface area contributed by atoms with Crippen LogP contribution in [0.2, 0.25) is 0 Å². The molecular formula is C15H24N2O2S. The van der Waals surface area contributed by atoms with Crippen molar-refractivity contribution in [3.63, 3.8) is 0 Å². The van der Waals surface area contributed by atoms with Crippen LogP contribution < -0.4 is 5.32 Å². The third kappa shape index (κ3) is 2.62. The molecule has 0 bridgehead atoms. The van der Waals surface area contributed by atoms with Crippen molar-refractivity contribution in [3.8, 4) is 0 Å². The topological polar surface area (TPSA) is 49.4 Å². The van der Waals surface area contributed by atoms with Gasteiger partial charge in [0.15, 0.2) is 0 Å². The van der Waals surface area contributed by atoms with Crippen LogP contribution in [0.25, 0.3) is 0 Å². The van der Waals surface area contributed by atoms with E-state index in [9.17, 15) is 8.42 Å². The molecular weight excluding hydrogens is 272 g/mol. The molecule has 0 atom stereocenters. The molecule has 0 radical (unpaired) electrons. The number of hydrogen-bond donors (Lipinski definition) is 1. The highest BCUT2D eigenvalue weighted by Gasteiger charge is 2.48. The third-order valence-corrected chi connectivity index (χ3v) is 6.11. The zero-order valence-corrected chi connectivity index (χ0v) is 13.7. The molecule has 1 heterocycles. The molecule has 1 aromatic carbocycles. The van der Waals surface area contributed by atoms with Crippen LogP contribution in [0.1, 0.15) is 33.3 Å². The van der Waals surface area contributed by atoms with Crippen LogP contribution in [0.5, 0.6) is 0 Å². The molecule has 112 valence electrons. The summed E-state index contributed by atoms with van der Waals surface area (Å²) in [5, 5.41) is 3.32. The third-order valence-electron chi connectivity index (χ3n) is 3.77. The van der Waals surface area contributed by atoms with Gasteiger partial charge >= 0.3 is 0 Å². The van der Waals surface area contributed by atoms with Gasteiger partial charge in [0.25, 0.3) is 0 Å². The van der Waals surface area contributed by atoms with Gasteiger partial charge in [0.05, 0.1) is 4.90 Å². The number of hydrogen-bond acceptors (Lipinski definition) is 3. The number of aryl methyl sites for hydroxylation is 1. The highest BCUT2D eigenvalue weighted by molar-refractivity contribution is 7.89. The molecule has 0 spiro atoms. The van der Waals surface area contributed by atoms with Gasteiger partial charge < -0.3 is 5.32 Å². The number of benzene rings is 1. The lowest BCUT2D eigenvalue weighted by Gasteiger charge is -2.51. The van der Waals surface area contributed by atoms with Gasteiger partial charge in [-0.15, -0.1) is 0 Å². The van der Waals surface area contributed by atoms with Crippen molar-refractivity contribution in [2.45, 2.75) is 50.6 Å². The van der Waals surface area contributed by atoms with Crippen molar-refractivity contribution in [1.82, 2.24) is 9.62 Å². The highest BCUT2D eigenvalue weighted by Crippen LogP contribution is 2.34. The lowest BCUT2D eigenvalue weighted by atomic mass is 9.93. The van der Waals surface area contributed by atoms with Crippen LogP contribution in [-0.4, -0.2) is 36.9 Å². The van der Waals surface area contributed by atoms with Crippen LogP contribution in [0.4, 0.5) is 0 Å². The molecule has 2 rings (SSSR count). The van der Waals surface area contributed by atoms with E-state index >= 15 is 0 Å². The van der Waals surface area contributed by atoms with Gasteiger partial charge in [-0.1, -0.05) is 17.7 Å². The number of rotatable bonds is 2. The van der Waals surface area contributed by atoms with E-state index in [1.165, 1.54) is 0 Å². The van der Waals surface area contributed by atoms with Crippen LogP contribution in [0.3, 0.4) is 0 Å². The smallest absolute Gasteiger partial charge is 0.244 e. The largest absolute Gasteiger partial charge is 0.313 e. The Morgan fingerprint density at radius 2 is 1.45 bits per heavy atom. The zero-order valence-electron chi connectivity index (χ0n) is 12.9. The van der Waals surface area contributed by atoms with Gasteiger partial charge in [-0.05, 0) is 46.8 Å². The molecule has 1 aliphatic heterocycles. The SMILES string of the molecule is Cc1ccc(S(=O)(=O)N2C(C)(C)CNCC2(C)C)cc1. The van der Waals surface area contributed by atoms with Gasteiger partial charge in [0.2, 0.25) is 10.0 Å². The summed E-state index contributed by atoms with van der Waals surface area (Å²) in [5.41, 5.74) is 0.152. The van der Waals surface area contributed by atoms with Crippen molar-refractivity contribution in [2.75, 3.05) is 13.1 Å². The predicted molar refractivity (Wildman–Crippen MR) is 81.2 cm³/mol. The summed E-state index contributed by atoms with van der Waals surface area (Å²) < 4.78 is 27.7. The molecule has 0 aromatic heterocycles. The van der Waals surface area contributed by atoms with Gasteiger partial charge in [-0.2, -0.15) is 4.31 Å². The number of piperazine rings is 1. The fourth-order valence-corrected chi connectivity index (χ4v) is 5.22. The average Bonchev–Trinajstić information content (AvgIpc) is 2.26. The van der Waals surface area contributed by atoms with Gasteiger partial charge in [-0.25, -0.2) is 8.42 Å². The predicted octanol–water partition coefficient (Wildman–Crippen LogP) is 2.15. The molecule has 0 amide bonds. The molecule has 4 nitrogen and oxygen atoms in total. The molecule has 1 aliphatic rings. The van der Waals surface area contributed by atoms with Crippen LogP contribution >= 0.6 is 0 Å². The summed E-state index contributed by atoms with van der Waals surface area (Å²) in [6.07, 6.45) is 0. The minimum Gasteiger partial charge on any atom is -0.313 e. The first kappa shape index (κ1) is 15.5. The highest BCUT2D eigenvalue weighted by atomic mass is 32.2. The Morgan fingerprint density at radius 3 is 1.90 bits per heavy atom. The second kappa shape index (κ2) is 4.83. The van der Waals surface area contributed by atoms with Crippen LogP contribution in [0.15, 0.2) is 29.2 Å². The fraction of sp³-hybridized carbons (Fsp3) is 0.600. The average molecular weight is 296 g/mol. The Labute approximate surface area is 122 Å². The summed E-state index contributed by atoms with van der Waals surface area (Å²) in [6.45, 7) is 11.1. The van der Waals surface area contributed by atoms with Crippen molar-refractivity contribution < 1.29 is 8.42 Å². The summed E-state index contributed by atoms with van der Waals surface area (Å²) >= 11 is 0. The van der Waals surface area contributed by atoms with Crippen LogP contribution in [-0.2, 0) is 10.0 Å². The summed E-state index contributed by atoms with van der Waals surface area (Å²) in [5.74, 6) is 0. The van der Waals surface area contributed by atoms with E-state index < -0.39 is 21.1 Å². The van der Waals surface area contributed by atoms with E-state index in [-0.39, 0.29) is 0 Å². The Kier molecular flexibility index (Phi) is 3.73. The van der Waals surface area contributed by atoms with Crippen molar-refractivity contribution >= 4 is 10.0 Å². The Balaban J connectivity index is 2.53. The first-order valence-corrected chi connectivity index (χ1v) is 8.34. The van der Waals surface area contributed by atoms with E-state index in [4.69, 9.17) is 0 Å². The van der Waals surface area contributed by atoms with E-state index in [1.54, 1.807) is 16.4 Å². The molecule has 5 heteroatoms. The molecule has 1 N–H and O–H groups in total. The zero-order chi connectivity index (χ0) is 15.2. The summed E-state index contributed by atoms with van der Waals surface area (Å²) in [7, 11) is -3.50. The molecule has 0 aliphatic carbocycles. The van der Waals surface area contributed by atoms with E-state index in [2.05, 4.69) is 5.32 Å². The molecule has 1 saturated heterocycles. The quantitative estimate of drug-likeness (QED) is 0.909. The second-order valence-corrected chi connectivity index (χ2v) is 8.60. The van der Waals surface area contributed by atoms with Gasteiger partial charge in [0, 0.05) is 24.2 Å². The summed E-state index contributed by atoms with van der Waals surface area (Å²) in [6, 6.07) is 7.07. The van der Waals surface area contributed by atoms with Crippen molar-refractivity contribution in [2.24, 2.45) is 0 Å². The maximum atomic E-state index is 13.0. The first-order valence-electron chi connectivity index (χ1n) is 6.90. The maximum Gasteiger partial charge on any atom is 0.244 e. The lowest BCUT2D eigenvalue weighted by Crippen LogP contribution is -2.69. The first-order chi connectivity index (χ1) is 9.07. The van der Waals surface area contributed by atoms with Gasteiger partial charge in [-0.3, -0.25) is 0 Å². The lowest BCUT2D eigenvalue weighted by molar-refractivity contribution is 0.0717. The standard InChI is InChI=1S/C15H24N2O2S/c1-12-6-8-13(9-7-12)20(18,19)17-14(2,3)10-16-11-15(17,4)5/h6-9,16H,10-11H2,1-5H3. The van der Waals surface area contributed by atoms with Crippen molar-refractivity contribution in [3.05, 3.63) is 29.8 Å². The summed E-state index contributed by atoms with van der Waals surface area (Å²) in [4.78, 5) is 0.367. The minimum absolute atomic E-state index is 0.367. The van der Waals surface area contributed by atoms with Crippen LogP contribution in [0, 0.1) is 6.92 Å². The van der Waals surface area contributed by atoms with E-state index in [0.29, 0.717) is 18.0 Å². The monoisotopic (exact) mass is 296 g/mol. The fourth-order valence-electron chi connectivity index (χ4n) is 3.10. The molecule has 0 saturated carbocycles. The minimum atomic E-state index is -3.50. The van der Waals surface area contributed by atoms with Crippen molar-refractivity contribution in [1.29, 1.82) is 0 Å². The maximum absolute atomic E-state index is 13.0. The number of nitrogens with one attached hydrogen (secondary N) is 1. The Hall–Kier alpha value is -0.910. The number of nitrogens with zero attached hydrogens (tertiary/aromatic N) is 1.